The zero-order valence-electron chi connectivity index (χ0n) is 20.1. The Labute approximate surface area is 213 Å². The number of benzene rings is 2. The molecule has 1 saturated carbocycles. The molecule has 2 aromatic carbocycles. The molecule has 2 amide bonds. The van der Waals surface area contributed by atoms with Gasteiger partial charge in [0.1, 0.15) is 10.8 Å². The van der Waals surface area contributed by atoms with Gasteiger partial charge in [0.2, 0.25) is 17.8 Å². The van der Waals surface area contributed by atoms with Crippen LogP contribution >= 0.6 is 11.3 Å². The summed E-state index contributed by atoms with van der Waals surface area (Å²) in [6.07, 6.45) is 5.46. The van der Waals surface area contributed by atoms with Crippen molar-refractivity contribution in [1.29, 1.82) is 0 Å². The second kappa shape index (κ2) is 10.9. The number of hydrogen-bond donors (Lipinski definition) is 1. The van der Waals surface area contributed by atoms with Crippen LogP contribution in [0.4, 0.5) is 5.13 Å². The van der Waals surface area contributed by atoms with Gasteiger partial charge in [0.25, 0.3) is 5.91 Å². The number of anilines is 1. The Morgan fingerprint density at radius 3 is 2.61 bits per heavy atom. The Hall–Kier alpha value is -3.66. The topological polar surface area (TPSA) is 103 Å². The maximum absolute atomic E-state index is 13.4. The van der Waals surface area contributed by atoms with Crippen LogP contribution < -0.4 is 19.5 Å². The molecule has 0 atom stereocenters. The van der Waals surface area contributed by atoms with Gasteiger partial charge in [-0.2, -0.15) is 0 Å². The van der Waals surface area contributed by atoms with Gasteiger partial charge >= 0.3 is 0 Å². The number of amides is 2. The highest BCUT2D eigenvalue weighted by atomic mass is 32.1. The van der Waals surface area contributed by atoms with Gasteiger partial charge in [-0.25, -0.2) is 0 Å². The van der Waals surface area contributed by atoms with E-state index in [0.717, 1.165) is 31.2 Å². The van der Waals surface area contributed by atoms with E-state index >= 15 is 0 Å². The summed E-state index contributed by atoms with van der Waals surface area (Å²) in [6.45, 7) is 0.546. The molecule has 36 heavy (non-hydrogen) atoms. The summed E-state index contributed by atoms with van der Waals surface area (Å²) in [7, 11) is 1.60. The summed E-state index contributed by atoms with van der Waals surface area (Å²) in [4.78, 5) is 28.0. The maximum atomic E-state index is 13.4. The number of carbonyl (C=O) groups excluding carboxylic acids is 2. The molecule has 0 unspecified atom stereocenters. The average molecular weight is 509 g/mol. The van der Waals surface area contributed by atoms with E-state index < -0.39 is 0 Å². The predicted octanol–water partition coefficient (Wildman–Crippen LogP) is 4.75. The second-order valence-corrected chi connectivity index (χ2v) is 9.77. The van der Waals surface area contributed by atoms with E-state index in [1.54, 1.807) is 31.4 Å². The molecule has 1 aromatic heterocycles. The monoisotopic (exact) mass is 508 g/mol. The fraction of sp³-hybridized carbons (Fsp3) is 0.385. The number of aromatic nitrogens is 2. The van der Waals surface area contributed by atoms with Gasteiger partial charge in [0.05, 0.1) is 7.11 Å². The van der Waals surface area contributed by atoms with Crippen LogP contribution in [0.25, 0.3) is 10.6 Å². The summed E-state index contributed by atoms with van der Waals surface area (Å²) in [5.41, 5.74) is 1.44. The third-order valence-corrected chi connectivity index (χ3v) is 7.37. The zero-order valence-corrected chi connectivity index (χ0v) is 20.9. The third-order valence-electron chi connectivity index (χ3n) is 6.48. The van der Waals surface area contributed by atoms with Crippen LogP contribution in [0.5, 0.6) is 17.2 Å². The fourth-order valence-corrected chi connectivity index (χ4v) is 5.32. The highest BCUT2D eigenvalue weighted by molar-refractivity contribution is 7.18. The van der Waals surface area contributed by atoms with Gasteiger partial charge < -0.3 is 24.4 Å². The van der Waals surface area contributed by atoms with Gasteiger partial charge in [-0.15, -0.1) is 10.2 Å². The lowest BCUT2D eigenvalue weighted by Crippen LogP contribution is -2.43. The molecule has 0 saturated heterocycles. The van der Waals surface area contributed by atoms with Crippen molar-refractivity contribution in [3.05, 3.63) is 48.0 Å². The zero-order chi connectivity index (χ0) is 24.9. The Morgan fingerprint density at radius 1 is 1.06 bits per heavy atom. The van der Waals surface area contributed by atoms with E-state index in [2.05, 4.69) is 15.5 Å². The fourth-order valence-electron chi connectivity index (χ4n) is 4.57. The molecular formula is C26H28N4O5S. The minimum absolute atomic E-state index is 0.0571. The highest BCUT2D eigenvalue weighted by Crippen LogP contribution is 2.37. The predicted molar refractivity (Wildman–Crippen MR) is 136 cm³/mol. The van der Waals surface area contributed by atoms with E-state index in [9.17, 15) is 9.59 Å². The molecule has 0 radical (unpaired) electrons. The standard InChI is InChI=1S/C26H28N4O5S/c1-33-20-10-7-17(8-11-20)25(32)30(19-5-3-2-4-6-19)14-13-23(31)27-26-29-28-24(36-26)18-9-12-21-22(15-18)35-16-34-21/h7-12,15,19H,2-6,13-14,16H2,1H3,(H,27,29,31). The van der Waals surface area contributed by atoms with Gasteiger partial charge in [-0.05, 0) is 55.3 Å². The Bertz CT molecular complexity index is 1220. The SMILES string of the molecule is COc1ccc(C(=O)N(CCC(=O)Nc2nnc(-c3ccc4c(c3)OCO4)s2)C2CCCCC2)cc1. The molecule has 10 heteroatoms. The Kier molecular flexibility index (Phi) is 7.31. The maximum Gasteiger partial charge on any atom is 0.254 e. The van der Waals surface area contributed by atoms with E-state index in [1.165, 1.54) is 17.8 Å². The van der Waals surface area contributed by atoms with Crippen LogP contribution in [-0.2, 0) is 4.79 Å². The van der Waals surface area contributed by atoms with Gasteiger partial charge in [-0.3, -0.25) is 9.59 Å². The highest BCUT2D eigenvalue weighted by Gasteiger charge is 2.27. The lowest BCUT2D eigenvalue weighted by molar-refractivity contribution is -0.116. The lowest BCUT2D eigenvalue weighted by atomic mass is 9.93. The molecule has 188 valence electrons. The van der Waals surface area contributed by atoms with Crippen LogP contribution in [0.1, 0.15) is 48.9 Å². The molecule has 9 nitrogen and oxygen atoms in total. The number of ether oxygens (including phenoxy) is 3. The number of methoxy groups -OCH3 is 1. The van der Waals surface area contributed by atoms with Crippen LogP contribution in [0, 0.1) is 0 Å². The Balaban J connectivity index is 1.22. The summed E-state index contributed by atoms with van der Waals surface area (Å²) in [6, 6.07) is 12.8. The largest absolute Gasteiger partial charge is 0.497 e. The summed E-state index contributed by atoms with van der Waals surface area (Å²) >= 11 is 1.29. The van der Waals surface area contributed by atoms with Crippen molar-refractivity contribution in [3.8, 4) is 27.8 Å². The van der Waals surface area contributed by atoms with Crippen molar-refractivity contribution in [2.45, 2.75) is 44.6 Å². The van der Waals surface area contributed by atoms with E-state index in [-0.39, 0.29) is 31.1 Å². The van der Waals surface area contributed by atoms with Crippen LogP contribution in [-0.4, -0.2) is 53.4 Å². The first-order valence-corrected chi connectivity index (χ1v) is 12.9. The number of hydrogen-bond acceptors (Lipinski definition) is 8. The third kappa shape index (κ3) is 5.43. The molecule has 1 N–H and O–H groups in total. The number of rotatable bonds is 8. The molecular weight excluding hydrogens is 480 g/mol. The lowest BCUT2D eigenvalue weighted by Gasteiger charge is -2.34. The van der Waals surface area contributed by atoms with Crippen molar-refractivity contribution >= 4 is 28.3 Å². The smallest absolute Gasteiger partial charge is 0.254 e. The van der Waals surface area contributed by atoms with Gasteiger partial charge in [-0.1, -0.05) is 30.6 Å². The summed E-state index contributed by atoms with van der Waals surface area (Å²) in [5.74, 6) is 1.80. The number of nitrogens with zero attached hydrogens (tertiary/aromatic N) is 3. The molecule has 5 rings (SSSR count). The van der Waals surface area contributed by atoms with Crippen molar-refractivity contribution in [2.75, 3.05) is 25.8 Å². The van der Waals surface area contributed by atoms with Crippen molar-refractivity contribution in [1.82, 2.24) is 15.1 Å². The van der Waals surface area contributed by atoms with Crippen LogP contribution in [0.2, 0.25) is 0 Å². The molecule has 1 fully saturated rings. The van der Waals surface area contributed by atoms with Crippen LogP contribution in [0.15, 0.2) is 42.5 Å². The first-order chi connectivity index (χ1) is 17.6. The normalized spacial score (nSPS) is 14.9. The average Bonchev–Trinajstić information content (AvgIpc) is 3.58. The molecule has 1 aliphatic heterocycles. The van der Waals surface area contributed by atoms with Crippen molar-refractivity contribution in [3.63, 3.8) is 0 Å². The molecule has 2 aliphatic rings. The second-order valence-electron chi connectivity index (χ2n) is 8.80. The summed E-state index contributed by atoms with van der Waals surface area (Å²) in [5, 5.41) is 12.2. The summed E-state index contributed by atoms with van der Waals surface area (Å²) < 4.78 is 16.0. The number of nitrogens with one attached hydrogen (secondary N) is 1. The first-order valence-electron chi connectivity index (χ1n) is 12.1. The van der Waals surface area contributed by atoms with Crippen molar-refractivity contribution < 1.29 is 23.8 Å². The van der Waals surface area contributed by atoms with Gasteiger partial charge in [0, 0.05) is 30.1 Å². The van der Waals surface area contributed by atoms with E-state index in [0.29, 0.717) is 39.5 Å². The van der Waals surface area contributed by atoms with E-state index in [4.69, 9.17) is 14.2 Å². The van der Waals surface area contributed by atoms with Gasteiger partial charge in [0.15, 0.2) is 11.5 Å². The number of fused-ring (bicyclic) bond motifs is 1. The van der Waals surface area contributed by atoms with E-state index in [1.807, 2.05) is 23.1 Å². The molecule has 1 aliphatic carbocycles. The molecule has 0 spiro atoms. The van der Waals surface area contributed by atoms with Crippen LogP contribution in [0.3, 0.4) is 0 Å². The van der Waals surface area contributed by atoms with Crippen molar-refractivity contribution in [2.24, 2.45) is 0 Å². The minimum atomic E-state index is -0.202. The first kappa shape index (κ1) is 24.1. The minimum Gasteiger partial charge on any atom is -0.497 e. The number of carbonyl (C=O) groups is 2. The molecule has 3 aromatic rings. The Morgan fingerprint density at radius 2 is 1.83 bits per heavy atom. The molecule has 2 heterocycles. The quantitative estimate of drug-likeness (QED) is 0.469. The molecule has 0 bridgehead atoms.